The Hall–Kier alpha value is -3.00. The van der Waals surface area contributed by atoms with Gasteiger partial charge in [0, 0.05) is 0 Å². The Kier molecular flexibility index (Phi) is 9.83. The van der Waals surface area contributed by atoms with Crippen LogP contribution in [0.5, 0.6) is 0 Å². The molecule has 4 aliphatic rings. The van der Waals surface area contributed by atoms with Crippen LogP contribution >= 0.6 is 0 Å². The van der Waals surface area contributed by atoms with Crippen molar-refractivity contribution in [3.8, 4) is 0 Å². The van der Waals surface area contributed by atoms with Crippen LogP contribution < -0.4 is 24.8 Å². The summed E-state index contributed by atoms with van der Waals surface area (Å²) >= 11 is 2.08. The van der Waals surface area contributed by atoms with Crippen molar-refractivity contribution in [2.24, 2.45) is 0 Å². The van der Waals surface area contributed by atoms with Gasteiger partial charge in [-0.3, -0.25) is 0 Å². The van der Waals surface area contributed by atoms with Gasteiger partial charge < -0.3 is 24.8 Å². The second kappa shape index (κ2) is 13.1. The molecule has 40 heavy (non-hydrogen) atoms. The molecule has 0 aliphatic heterocycles. The first-order valence-electron chi connectivity index (χ1n) is 13.1. The maximum atomic E-state index is 3.31. The summed E-state index contributed by atoms with van der Waals surface area (Å²) in [6.45, 7) is 4.17. The average Bonchev–Trinajstić information content (AvgIpc) is 3.62. The molecule has 0 aromatic heterocycles. The van der Waals surface area contributed by atoms with Crippen LogP contribution in [0, 0.1) is 12.2 Å². The molecule has 4 aliphatic carbocycles. The summed E-state index contributed by atoms with van der Waals surface area (Å²) < 4.78 is 1.42. The van der Waals surface area contributed by atoms with Crippen LogP contribution in [-0.4, -0.2) is 3.81 Å². The van der Waals surface area contributed by atoms with Gasteiger partial charge in [0.2, 0.25) is 0 Å². The van der Waals surface area contributed by atoms with E-state index in [1.54, 1.807) is 0 Å². The summed E-state index contributed by atoms with van der Waals surface area (Å²) in [7, 11) is 0. The van der Waals surface area contributed by atoms with Gasteiger partial charge in [0.05, 0.1) is 0 Å². The van der Waals surface area contributed by atoms with Crippen molar-refractivity contribution in [1.82, 2.24) is 0 Å². The molecular formula is C37H28Cl2Ti-2. The van der Waals surface area contributed by atoms with Crippen LogP contribution in [0.15, 0.2) is 120 Å². The van der Waals surface area contributed by atoms with Gasteiger partial charge in [-0.05, 0) is 34.4 Å². The van der Waals surface area contributed by atoms with Crippen LogP contribution in [0.25, 0.3) is 32.7 Å². The van der Waals surface area contributed by atoms with Gasteiger partial charge in [0.15, 0.2) is 0 Å². The van der Waals surface area contributed by atoms with Crippen molar-refractivity contribution in [2.75, 3.05) is 0 Å². The Bertz CT molecular complexity index is 1660. The number of fused-ring (bicyclic) bond motifs is 10. The third kappa shape index (κ3) is 5.87. The molecule has 4 aromatic carbocycles. The topological polar surface area (TPSA) is 0 Å². The molecule has 0 bridgehead atoms. The summed E-state index contributed by atoms with van der Waals surface area (Å²) in [5.41, 5.74) is 10.9. The third-order valence-corrected chi connectivity index (χ3v) is 7.18. The zero-order valence-corrected chi connectivity index (χ0v) is 25.6. The Balaban J connectivity index is 0.000000157. The predicted octanol–water partition coefficient (Wildman–Crippen LogP) is 2.91. The van der Waals surface area contributed by atoms with Crippen LogP contribution in [0.1, 0.15) is 36.1 Å². The smallest absolute Gasteiger partial charge is 0.0186 e. The predicted molar refractivity (Wildman–Crippen MR) is 159 cm³/mol. The number of hydrogen-bond donors (Lipinski definition) is 0. The first-order valence-corrected chi connectivity index (χ1v) is 13.9. The molecule has 0 saturated carbocycles. The fourth-order valence-electron chi connectivity index (χ4n) is 5.57. The summed E-state index contributed by atoms with van der Waals surface area (Å²) in [5, 5.41) is 5.36. The number of benzene rings is 4. The molecule has 0 fully saturated rings. The number of hydrogen-bond acceptors (Lipinski definition) is 0. The van der Waals surface area contributed by atoms with Crippen molar-refractivity contribution < 1.29 is 44.8 Å². The third-order valence-electron chi connectivity index (χ3n) is 7.18. The van der Waals surface area contributed by atoms with Gasteiger partial charge in [0.1, 0.15) is 0 Å². The fraction of sp³-hybridized carbons (Fsp3) is 0.108. The van der Waals surface area contributed by atoms with Gasteiger partial charge in [0.25, 0.3) is 0 Å². The van der Waals surface area contributed by atoms with Crippen LogP contribution in [0.3, 0.4) is 0 Å². The summed E-state index contributed by atoms with van der Waals surface area (Å²) in [6, 6.07) is 26.2. The Morgan fingerprint density at radius 2 is 1.00 bits per heavy atom. The Morgan fingerprint density at radius 3 is 1.43 bits per heavy atom. The van der Waals surface area contributed by atoms with E-state index in [2.05, 4.69) is 143 Å². The van der Waals surface area contributed by atoms with Gasteiger partial charge in [-0.2, -0.15) is 47.6 Å². The fourth-order valence-corrected chi connectivity index (χ4v) is 5.57. The molecule has 0 saturated heterocycles. The van der Waals surface area contributed by atoms with Gasteiger partial charge in [-0.15, -0.1) is 23.3 Å². The second-order valence-electron chi connectivity index (χ2n) is 10.1. The molecule has 0 radical (unpaired) electrons. The molecule has 0 heterocycles. The molecule has 0 N–H and O–H groups in total. The summed E-state index contributed by atoms with van der Waals surface area (Å²) in [5.74, 6) is 0. The largest absolute Gasteiger partial charge is 1.00 e. The van der Waals surface area contributed by atoms with E-state index in [0.29, 0.717) is 0 Å². The molecule has 4 aromatic rings. The van der Waals surface area contributed by atoms with E-state index < -0.39 is 0 Å². The summed E-state index contributed by atoms with van der Waals surface area (Å²) in [4.78, 5) is 0. The average molecular weight is 591 g/mol. The minimum Gasteiger partial charge on any atom is -1.00 e. The van der Waals surface area contributed by atoms with E-state index in [1.165, 1.54) is 69.9 Å². The Morgan fingerprint density at radius 1 is 0.600 bits per heavy atom. The minimum absolute atomic E-state index is 0. The van der Waals surface area contributed by atoms with Gasteiger partial charge in [-0.1, -0.05) is 95.1 Å². The van der Waals surface area contributed by atoms with E-state index in [9.17, 15) is 0 Å². The first-order chi connectivity index (χ1) is 18.6. The minimum atomic E-state index is 0. The van der Waals surface area contributed by atoms with Crippen molar-refractivity contribution in [3.63, 3.8) is 0 Å². The molecule has 0 amide bonds. The van der Waals surface area contributed by atoms with Crippen LogP contribution in [0.2, 0.25) is 0 Å². The quantitative estimate of drug-likeness (QED) is 0.218. The maximum absolute atomic E-state index is 3.31. The SMILES string of the molecule is C[C](C)=[Ti+2].[C-]1=CC=C2C1=CCc1ccc3ccccc3c12.[C-]1=CC=C2C1=CCc1ccc3ccccc3c12.[Cl-].[Cl-]. The van der Waals surface area contributed by atoms with Crippen LogP contribution in [-0.2, 0) is 32.8 Å². The van der Waals surface area contributed by atoms with Crippen molar-refractivity contribution in [2.45, 2.75) is 26.7 Å². The normalized spacial score (nSPS) is 14.7. The molecule has 0 nitrogen and oxygen atoms in total. The number of allylic oxidation sites excluding steroid dienone is 12. The summed E-state index contributed by atoms with van der Waals surface area (Å²) in [6.07, 6.45) is 21.6. The molecular weight excluding hydrogens is 563 g/mol. The van der Waals surface area contributed by atoms with Crippen LogP contribution in [0.4, 0.5) is 0 Å². The van der Waals surface area contributed by atoms with E-state index >= 15 is 0 Å². The van der Waals surface area contributed by atoms with E-state index in [1.807, 2.05) is 12.2 Å². The van der Waals surface area contributed by atoms with Crippen molar-refractivity contribution in [1.29, 1.82) is 0 Å². The van der Waals surface area contributed by atoms with Gasteiger partial charge in [-0.25, -0.2) is 0 Å². The van der Waals surface area contributed by atoms with E-state index in [-0.39, 0.29) is 24.8 Å². The number of halogens is 2. The second-order valence-corrected chi connectivity index (χ2v) is 11.6. The molecule has 0 spiro atoms. The Labute approximate surface area is 261 Å². The first kappa shape index (κ1) is 30.0. The van der Waals surface area contributed by atoms with Gasteiger partial charge >= 0.3 is 37.6 Å². The molecule has 8 rings (SSSR count). The van der Waals surface area contributed by atoms with Crippen molar-refractivity contribution >= 4 is 36.5 Å². The van der Waals surface area contributed by atoms with Crippen molar-refractivity contribution in [3.05, 3.63) is 155 Å². The monoisotopic (exact) mass is 590 g/mol. The standard InChI is InChI=1S/2C17H11.C3H6.2ClH.Ti/c2*1-2-6-15-12(4-1)8-10-14-11-9-13-5-3-7-16(13)17(14)15;1-3-2;;;/h2*1-4,6-10H,11H2;1-2H3;2*1H;/q2*-1;;;;+2/p-2. The van der Waals surface area contributed by atoms with E-state index in [0.717, 1.165) is 12.8 Å². The molecule has 0 unspecified atom stereocenters. The molecule has 196 valence electrons. The van der Waals surface area contributed by atoms with E-state index in [4.69, 9.17) is 0 Å². The molecule has 0 atom stereocenters. The molecule has 3 heteroatoms. The number of rotatable bonds is 0. The zero-order chi connectivity index (χ0) is 26.1. The zero-order valence-electron chi connectivity index (χ0n) is 22.6. The maximum Gasteiger partial charge on any atom is -0.0186 e.